The standard InChI is InChI=1S/C16H23NO/c1-3-11-10-16(11)17-14-8-13(9-14)12-4-6-15(18-2)7-5-12/h4-7,11,13-14,16-17H,3,8-10H2,1-2H3. The molecular weight excluding hydrogens is 222 g/mol. The molecule has 2 atom stereocenters. The molecule has 2 aliphatic carbocycles. The van der Waals surface area contributed by atoms with Crippen molar-refractivity contribution in [3.63, 3.8) is 0 Å². The molecule has 1 aromatic rings. The summed E-state index contributed by atoms with van der Waals surface area (Å²) in [7, 11) is 1.72. The first-order valence-electron chi connectivity index (χ1n) is 7.20. The van der Waals surface area contributed by atoms with Gasteiger partial charge in [0.2, 0.25) is 0 Å². The van der Waals surface area contributed by atoms with Gasteiger partial charge in [0.15, 0.2) is 0 Å². The number of ether oxygens (including phenoxy) is 1. The topological polar surface area (TPSA) is 21.3 Å². The molecule has 2 aliphatic rings. The molecule has 0 spiro atoms. The summed E-state index contributed by atoms with van der Waals surface area (Å²) < 4.78 is 5.19. The number of methoxy groups -OCH3 is 1. The third-order valence-corrected chi connectivity index (χ3v) is 4.62. The van der Waals surface area contributed by atoms with Gasteiger partial charge in [0.25, 0.3) is 0 Å². The highest BCUT2D eigenvalue weighted by molar-refractivity contribution is 5.31. The van der Waals surface area contributed by atoms with Crippen LogP contribution >= 0.6 is 0 Å². The van der Waals surface area contributed by atoms with Crippen molar-refractivity contribution in [3.8, 4) is 5.75 Å². The maximum atomic E-state index is 5.19. The SMILES string of the molecule is CCC1CC1NC1CC(c2ccc(OC)cc2)C1. The van der Waals surface area contributed by atoms with Gasteiger partial charge in [-0.25, -0.2) is 0 Å². The van der Waals surface area contributed by atoms with Crippen molar-refractivity contribution in [3.05, 3.63) is 29.8 Å². The quantitative estimate of drug-likeness (QED) is 0.859. The number of hydrogen-bond acceptors (Lipinski definition) is 2. The minimum absolute atomic E-state index is 0.757. The lowest BCUT2D eigenvalue weighted by Gasteiger charge is -2.36. The molecule has 0 heterocycles. The second-order valence-corrected chi connectivity index (χ2v) is 5.82. The van der Waals surface area contributed by atoms with Gasteiger partial charge in [0.05, 0.1) is 7.11 Å². The van der Waals surface area contributed by atoms with Crippen molar-refractivity contribution in [1.82, 2.24) is 5.32 Å². The van der Waals surface area contributed by atoms with E-state index in [2.05, 4.69) is 36.5 Å². The normalized spacial score (nSPS) is 33.9. The van der Waals surface area contributed by atoms with E-state index in [1.54, 1.807) is 7.11 Å². The van der Waals surface area contributed by atoms with Crippen molar-refractivity contribution < 1.29 is 4.74 Å². The Morgan fingerprint density at radius 2 is 1.89 bits per heavy atom. The highest BCUT2D eigenvalue weighted by Crippen LogP contribution is 2.41. The van der Waals surface area contributed by atoms with E-state index in [-0.39, 0.29) is 0 Å². The van der Waals surface area contributed by atoms with Crippen LogP contribution in [0, 0.1) is 5.92 Å². The molecule has 98 valence electrons. The summed E-state index contributed by atoms with van der Waals surface area (Å²) in [5, 5.41) is 3.79. The van der Waals surface area contributed by atoms with Crippen molar-refractivity contribution in [2.24, 2.45) is 5.92 Å². The maximum Gasteiger partial charge on any atom is 0.118 e. The molecule has 2 fully saturated rings. The zero-order valence-corrected chi connectivity index (χ0v) is 11.4. The fourth-order valence-corrected chi connectivity index (χ4v) is 3.11. The van der Waals surface area contributed by atoms with E-state index in [1.165, 1.54) is 31.2 Å². The lowest BCUT2D eigenvalue weighted by atomic mass is 9.76. The van der Waals surface area contributed by atoms with Crippen molar-refractivity contribution >= 4 is 0 Å². The predicted molar refractivity (Wildman–Crippen MR) is 74.1 cm³/mol. The van der Waals surface area contributed by atoms with Crippen LogP contribution in [0.15, 0.2) is 24.3 Å². The van der Waals surface area contributed by atoms with Gasteiger partial charge in [0.1, 0.15) is 5.75 Å². The second kappa shape index (κ2) is 4.93. The fourth-order valence-electron chi connectivity index (χ4n) is 3.11. The van der Waals surface area contributed by atoms with Crippen LogP contribution in [0.4, 0.5) is 0 Å². The highest BCUT2D eigenvalue weighted by atomic mass is 16.5. The van der Waals surface area contributed by atoms with Crippen LogP contribution in [0.5, 0.6) is 5.75 Å². The highest BCUT2D eigenvalue weighted by Gasteiger charge is 2.40. The Morgan fingerprint density at radius 3 is 2.44 bits per heavy atom. The van der Waals surface area contributed by atoms with Gasteiger partial charge in [-0.3, -0.25) is 0 Å². The molecule has 1 aromatic carbocycles. The van der Waals surface area contributed by atoms with Crippen LogP contribution in [0.25, 0.3) is 0 Å². The van der Waals surface area contributed by atoms with Crippen molar-refractivity contribution in [1.29, 1.82) is 0 Å². The lowest BCUT2D eigenvalue weighted by molar-refractivity contribution is 0.284. The van der Waals surface area contributed by atoms with E-state index in [9.17, 15) is 0 Å². The van der Waals surface area contributed by atoms with E-state index in [0.29, 0.717) is 0 Å². The van der Waals surface area contributed by atoms with E-state index in [1.807, 2.05) is 0 Å². The van der Waals surface area contributed by atoms with Gasteiger partial charge in [-0.15, -0.1) is 0 Å². The molecule has 0 aromatic heterocycles. The second-order valence-electron chi connectivity index (χ2n) is 5.82. The molecule has 2 heteroatoms. The molecule has 3 rings (SSSR count). The monoisotopic (exact) mass is 245 g/mol. The first-order valence-corrected chi connectivity index (χ1v) is 7.20. The van der Waals surface area contributed by atoms with Crippen LogP contribution in [0.3, 0.4) is 0 Å². The lowest BCUT2D eigenvalue weighted by Crippen LogP contribution is -2.41. The van der Waals surface area contributed by atoms with E-state index in [0.717, 1.165) is 29.7 Å². The van der Waals surface area contributed by atoms with E-state index >= 15 is 0 Å². The Balaban J connectivity index is 1.46. The first-order chi connectivity index (χ1) is 8.80. The molecule has 18 heavy (non-hydrogen) atoms. The van der Waals surface area contributed by atoms with Gasteiger partial charge in [0, 0.05) is 12.1 Å². The summed E-state index contributed by atoms with van der Waals surface area (Å²) in [5.74, 6) is 2.67. The average molecular weight is 245 g/mol. The van der Waals surface area contributed by atoms with Gasteiger partial charge in [-0.05, 0) is 48.8 Å². The molecule has 2 nitrogen and oxygen atoms in total. The van der Waals surface area contributed by atoms with Crippen molar-refractivity contribution in [2.45, 2.75) is 50.6 Å². The molecular formula is C16H23NO. The average Bonchev–Trinajstić information content (AvgIpc) is 3.12. The third kappa shape index (κ3) is 2.39. The van der Waals surface area contributed by atoms with E-state index < -0.39 is 0 Å². The Hall–Kier alpha value is -1.02. The molecule has 2 unspecified atom stereocenters. The maximum absolute atomic E-state index is 5.19. The van der Waals surface area contributed by atoms with Crippen LogP contribution < -0.4 is 10.1 Å². The summed E-state index contributed by atoms with van der Waals surface area (Å²) in [5.41, 5.74) is 1.47. The van der Waals surface area contributed by atoms with Crippen LogP contribution in [-0.2, 0) is 0 Å². The number of benzene rings is 1. The van der Waals surface area contributed by atoms with Gasteiger partial charge < -0.3 is 10.1 Å². The summed E-state index contributed by atoms with van der Waals surface area (Å²) in [4.78, 5) is 0. The Bertz CT molecular complexity index is 394. The Morgan fingerprint density at radius 1 is 1.17 bits per heavy atom. The minimum Gasteiger partial charge on any atom is -0.497 e. The van der Waals surface area contributed by atoms with Gasteiger partial charge in [-0.1, -0.05) is 25.5 Å². The van der Waals surface area contributed by atoms with Gasteiger partial charge in [-0.2, -0.15) is 0 Å². The van der Waals surface area contributed by atoms with Gasteiger partial charge >= 0.3 is 0 Å². The summed E-state index contributed by atoms with van der Waals surface area (Å²) in [6.07, 6.45) is 5.35. The zero-order valence-electron chi connectivity index (χ0n) is 11.4. The molecule has 2 saturated carbocycles. The zero-order chi connectivity index (χ0) is 12.5. The molecule has 1 N–H and O–H groups in total. The largest absolute Gasteiger partial charge is 0.497 e. The molecule has 0 aliphatic heterocycles. The summed E-state index contributed by atoms with van der Waals surface area (Å²) >= 11 is 0. The number of rotatable bonds is 5. The third-order valence-electron chi connectivity index (χ3n) is 4.62. The molecule has 0 amide bonds. The Kier molecular flexibility index (Phi) is 3.29. The summed E-state index contributed by atoms with van der Waals surface area (Å²) in [6.45, 7) is 2.30. The first kappa shape index (κ1) is 12.0. The smallest absolute Gasteiger partial charge is 0.118 e. The van der Waals surface area contributed by atoms with Crippen LogP contribution in [-0.4, -0.2) is 19.2 Å². The Labute approximate surface area is 110 Å². The predicted octanol–water partition coefficient (Wildman–Crippen LogP) is 3.33. The van der Waals surface area contributed by atoms with Crippen molar-refractivity contribution in [2.75, 3.05) is 7.11 Å². The summed E-state index contributed by atoms with van der Waals surface area (Å²) in [6, 6.07) is 10.2. The molecule has 0 saturated heterocycles. The minimum atomic E-state index is 0.757. The number of nitrogens with one attached hydrogen (secondary N) is 1. The molecule has 0 radical (unpaired) electrons. The van der Waals surface area contributed by atoms with E-state index in [4.69, 9.17) is 4.74 Å². The number of hydrogen-bond donors (Lipinski definition) is 1. The van der Waals surface area contributed by atoms with Crippen LogP contribution in [0.1, 0.15) is 44.1 Å². The fraction of sp³-hybridized carbons (Fsp3) is 0.625. The van der Waals surface area contributed by atoms with Crippen LogP contribution in [0.2, 0.25) is 0 Å². The molecule has 0 bridgehead atoms.